The Balaban J connectivity index is 1.90. The minimum Gasteiger partial charge on any atom is -0.503 e. The predicted octanol–water partition coefficient (Wildman–Crippen LogP) is 5.82. The third-order valence-corrected chi connectivity index (χ3v) is 6.70. The van der Waals surface area contributed by atoms with Gasteiger partial charge in [0.2, 0.25) is 0 Å². The first-order valence-electron chi connectivity index (χ1n) is 13.3. The summed E-state index contributed by atoms with van der Waals surface area (Å²) in [5.41, 5.74) is 1.73. The molecule has 1 atom stereocenters. The van der Waals surface area contributed by atoms with Crippen LogP contribution in [0.2, 0.25) is 0 Å². The summed E-state index contributed by atoms with van der Waals surface area (Å²) in [6, 6.07) is 16.3. The van der Waals surface area contributed by atoms with Crippen LogP contribution in [-0.4, -0.2) is 59.4 Å². The van der Waals surface area contributed by atoms with Gasteiger partial charge in [0.15, 0.2) is 11.5 Å². The van der Waals surface area contributed by atoms with Crippen molar-refractivity contribution in [2.24, 2.45) is 5.92 Å². The lowest BCUT2D eigenvalue weighted by atomic mass is 9.95. The fourth-order valence-electron chi connectivity index (χ4n) is 4.50. The molecule has 37 heavy (non-hydrogen) atoms. The Bertz CT molecular complexity index is 1100. The smallest absolute Gasteiger partial charge is 0.290 e. The summed E-state index contributed by atoms with van der Waals surface area (Å²) in [4.78, 5) is 30.5. The molecule has 3 rings (SSSR count). The zero-order valence-electron chi connectivity index (χ0n) is 22.5. The average Bonchev–Trinajstić information content (AvgIpc) is 3.15. The quantitative estimate of drug-likeness (QED) is 0.328. The van der Waals surface area contributed by atoms with Gasteiger partial charge in [-0.05, 0) is 67.7 Å². The van der Waals surface area contributed by atoms with E-state index in [4.69, 9.17) is 4.74 Å². The van der Waals surface area contributed by atoms with Crippen molar-refractivity contribution in [3.63, 3.8) is 0 Å². The number of allylic oxidation sites excluding steroid dienone is 1. The van der Waals surface area contributed by atoms with Gasteiger partial charge < -0.3 is 19.6 Å². The van der Waals surface area contributed by atoms with Gasteiger partial charge in [-0.25, -0.2) is 0 Å². The molecule has 0 radical (unpaired) electrons. The second-order valence-corrected chi connectivity index (χ2v) is 9.76. The van der Waals surface area contributed by atoms with Gasteiger partial charge in [0.05, 0.1) is 18.2 Å². The number of carbonyl (C=O) groups excluding carboxylic acids is 2. The van der Waals surface area contributed by atoms with Gasteiger partial charge in [-0.15, -0.1) is 0 Å². The van der Waals surface area contributed by atoms with Crippen LogP contribution in [0, 0.1) is 5.92 Å². The summed E-state index contributed by atoms with van der Waals surface area (Å²) in [6.07, 6.45) is 4.81. The number of benzene rings is 2. The normalized spacial score (nSPS) is 16.0. The molecule has 2 aromatic carbocycles. The molecule has 0 saturated heterocycles. The van der Waals surface area contributed by atoms with Crippen LogP contribution in [0.1, 0.15) is 57.7 Å². The Kier molecular flexibility index (Phi) is 10.5. The fraction of sp³-hybridized carbons (Fsp3) is 0.419. The number of ketones is 1. The van der Waals surface area contributed by atoms with E-state index in [0.717, 1.165) is 43.6 Å². The number of rotatable bonds is 14. The van der Waals surface area contributed by atoms with Crippen LogP contribution in [0.15, 0.2) is 72.0 Å². The van der Waals surface area contributed by atoms with Gasteiger partial charge in [0.1, 0.15) is 5.75 Å². The van der Waals surface area contributed by atoms with Gasteiger partial charge in [-0.3, -0.25) is 9.59 Å². The lowest BCUT2D eigenvalue weighted by molar-refractivity contribution is -0.129. The molecule has 0 bridgehead atoms. The van der Waals surface area contributed by atoms with Crippen molar-refractivity contribution in [3.8, 4) is 5.75 Å². The van der Waals surface area contributed by atoms with Crippen LogP contribution in [0.4, 0.5) is 0 Å². The van der Waals surface area contributed by atoms with Crippen molar-refractivity contribution < 1.29 is 19.4 Å². The Morgan fingerprint density at radius 2 is 1.84 bits per heavy atom. The minimum absolute atomic E-state index is 0.111. The largest absolute Gasteiger partial charge is 0.503 e. The Labute approximate surface area is 221 Å². The number of ether oxygens (including phenoxy) is 1. The van der Waals surface area contributed by atoms with E-state index in [1.807, 2.05) is 54.6 Å². The molecule has 0 aromatic heterocycles. The van der Waals surface area contributed by atoms with Gasteiger partial charge in [-0.1, -0.05) is 76.2 Å². The van der Waals surface area contributed by atoms with Crippen LogP contribution >= 0.6 is 0 Å². The van der Waals surface area contributed by atoms with E-state index in [9.17, 15) is 14.7 Å². The van der Waals surface area contributed by atoms with Gasteiger partial charge in [-0.2, -0.15) is 0 Å². The molecule has 0 fully saturated rings. The molecule has 0 aliphatic carbocycles. The van der Waals surface area contributed by atoms with Crippen LogP contribution in [-0.2, 0) is 9.59 Å². The molecule has 1 N–H and O–H groups in total. The molecule has 6 nitrogen and oxygen atoms in total. The number of nitrogens with zero attached hydrogens (tertiary/aromatic N) is 2. The highest BCUT2D eigenvalue weighted by molar-refractivity contribution is 6.14. The SMILES string of the molecule is CCN(CC)CCCN1C(=O)C(O)=C(C(=O)C=Cc2ccccc2)C1c1cccc(OCCC(C)C)c1. The van der Waals surface area contributed by atoms with Crippen LogP contribution in [0.5, 0.6) is 5.75 Å². The minimum atomic E-state index is -0.675. The van der Waals surface area contributed by atoms with Crippen molar-refractivity contribution in [1.29, 1.82) is 0 Å². The van der Waals surface area contributed by atoms with Gasteiger partial charge in [0.25, 0.3) is 5.91 Å². The van der Waals surface area contributed by atoms with E-state index in [2.05, 4.69) is 32.6 Å². The number of aliphatic hydroxyl groups excluding tert-OH is 1. The summed E-state index contributed by atoms with van der Waals surface area (Å²) in [7, 11) is 0. The molecule has 1 aliphatic rings. The first kappa shape index (κ1) is 28.2. The lowest BCUT2D eigenvalue weighted by Crippen LogP contribution is -2.34. The Morgan fingerprint density at radius 1 is 1.11 bits per heavy atom. The third-order valence-electron chi connectivity index (χ3n) is 6.70. The maximum Gasteiger partial charge on any atom is 0.290 e. The second kappa shape index (κ2) is 13.8. The van der Waals surface area contributed by atoms with E-state index in [1.54, 1.807) is 11.0 Å². The maximum atomic E-state index is 13.4. The number of aliphatic hydroxyl groups is 1. The van der Waals surface area contributed by atoms with Crippen molar-refractivity contribution in [2.45, 2.75) is 46.6 Å². The van der Waals surface area contributed by atoms with E-state index in [0.29, 0.717) is 24.8 Å². The zero-order chi connectivity index (χ0) is 26.8. The molecule has 1 aliphatic heterocycles. The van der Waals surface area contributed by atoms with Crippen LogP contribution in [0.3, 0.4) is 0 Å². The molecule has 2 aromatic rings. The van der Waals surface area contributed by atoms with Crippen LogP contribution < -0.4 is 4.74 Å². The molecule has 1 heterocycles. The molecule has 6 heteroatoms. The highest BCUT2D eigenvalue weighted by Crippen LogP contribution is 2.39. The molecule has 1 unspecified atom stereocenters. The summed E-state index contributed by atoms with van der Waals surface area (Å²) >= 11 is 0. The van der Waals surface area contributed by atoms with Crippen LogP contribution in [0.25, 0.3) is 6.08 Å². The average molecular weight is 505 g/mol. The van der Waals surface area contributed by atoms with Gasteiger partial charge in [0, 0.05) is 6.54 Å². The number of hydrogen-bond acceptors (Lipinski definition) is 5. The second-order valence-electron chi connectivity index (χ2n) is 9.76. The van der Waals surface area contributed by atoms with E-state index in [-0.39, 0.29) is 11.4 Å². The topological polar surface area (TPSA) is 70.1 Å². The van der Waals surface area contributed by atoms with Crippen molar-refractivity contribution in [1.82, 2.24) is 9.80 Å². The summed E-state index contributed by atoms with van der Waals surface area (Å²) in [6.45, 7) is 12.2. The Hall–Kier alpha value is -3.38. The summed E-state index contributed by atoms with van der Waals surface area (Å²) in [5.74, 6) is -0.143. The van der Waals surface area contributed by atoms with E-state index in [1.165, 1.54) is 6.08 Å². The maximum absolute atomic E-state index is 13.4. The van der Waals surface area contributed by atoms with Crippen molar-refractivity contribution in [3.05, 3.63) is 83.1 Å². The lowest BCUT2D eigenvalue weighted by Gasteiger charge is -2.28. The molecule has 0 spiro atoms. The first-order valence-corrected chi connectivity index (χ1v) is 13.3. The van der Waals surface area contributed by atoms with E-state index >= 15 is 0 Å². The zero-order valence-corrected chi connectivity index (χ0v) is 22.5. The Morgan fingerprint density at radius 3 is 2.51 bits per heavy atom. The molecule has 0 saturated carbocycles. The standard InChI is InChI=1S/C31H40N2O4/c1-5-32(6-2)19-11-20-33-29(25-14-10-15-26(22-25)37-21-18-23(3)4)28(30(35)31(33)36)27(34)17-16-24-12-8-7-9-13-24/h7-10,12-17,22-23,29,35H,5-6,11,18-21H2,1-4H3. The molecular weight excluding hydrogens is 464 g/mol. The highest BCUT2D eigenvalue weighted by Gasteiger charge is 2.42. The van der Waals surface area contributed by atoms with Crippen molar-refractivity contribution in [2.75, 3.05) is 32.8 Å². The molecular formula is C31H40N2O4. The summed E-state index contributed by atoms with van der Waals surface area (Å²) < 4.78 is 5.96. The fourth-order valence-corrected chi connectivity index (χ4v) is 4.50. The van der Waals surface area contributed by atoms with E-state index < -0.39 is 17.7 Å². The van der Waals surface area contributed by atoms with Gasteiger partial charge >= 0.3 is 0 Å². The molecule has 198 valence electrons. The predicted molar refractivity (Wildman–Crippen MR) is 148 cm³/mol. The first-order chi connectivity index (χ1) is 17.8. The van der Waals surface area contributed by atoms with Crippen molar-refractivity contribution >= 4 is 17.8 Å². The molecule has 1 amide bonds. The monoisotopic (exact) mass is 504 g/mol. The number of hydrogen-bond donors (Lipinski definition) is 1. The number of carbonyl (C=O) groups is 2. The third kappa shape index (κ3) is 7.56. The number of amides is 1. The summed E-state index contributed by atoms with van der Waals surface area (Å²) in [5, 5.41) is 10.9. The highest BCUT2D eigenvalue weighted by atomic mass is 16.5.